The number of halogens is 2. The first-order valence-electron chi connectivity index (χ1n) is 5.80. The van der Waals surface area contributed by atoms with Crippen LogP contribution in [0.25, 0.3) is 22.4 Å². The SMILES string of the molecule is NC(=O)c1cc(Br)c2nc(-c3ccccc3Br)[nH]c2c1. The number of amides is 1. The van der Waals surface area contributed by atoms with E-state index in [9.17, 15) is 4.79 Å². The molecular weight excluding hydrogens is 386 g/mol. The highest BCUT2D eigenvalue weighted by Gasteiger charge is 2.13. The zero-order chi connectivity index (χ0) is 14.3. The van der Waals surface area contributed by atoms with Gasteiger partial charge in [0.25, 0.3) is 0 Å². The van der Waals surface area contributed by atoms with Gasteiger partial charge in [-0.3, -0.25) is 4.79 Å². The second kappa shape index (κ2) is 5.03. The summed E-state index contributed by atoms with van der Waals surface area (Å²) in [5.74, 6) is 0.263. The van der Waals surface area contributed by atoms with Gasteiger partial charge in [-0.25, -0.2) is 4.98 Å². The molecule has 1 heterocycles. The number of fused-ring (bicyclic) bond motifs is 1. The number of imidazole rings is 1. The van der Waals surface area contributed by atoms with Crippen LogP contribution in [0, 0.1) is 0 Å². The number of hydrogen-bond donors (Lipinski definition) is 2. The van der Waals surface area contributed by atoms with Crippen molar-refractivity contribution in [2.24, 2.45) is 5.73 Å². The Balaban J connectivity index is 2.23. The van der Waals surface area contributed by atoms with Gasteiger partial charge in [0.1, 0.15) is 11.3 Å². The largest absolute Gasteiger partial charge is 0.366 e. The molecule has 0 saturated carbocycles. The van der Waals surface area contributed by atoms with E-state index in [1.165, 1.54) is 0 Å². The number of carbonyl (C=O) groups is 1. The Bertz CT molecular complexity index is 826. The third-order valence-corrected chi connectivity index (χ3v) is 4.25. The highest BCUT2D eigenvalue weighted by molar-refractivity contribution is 9.11. The minimum Gasteiger partial charge on any atom is -0.366 e. The smallest absolute Gasteiger partial charge is 0.248 e. The number of carbonyl (C=O) groups excluding carboxylic acids is 1. The van der Waals surface area contributed by atoms with Crippen molar-refractivity contribution in [3.63, 3.8) is 0 Å². The molecule has 0 bridgehead atoms. The second-order valence-electron chi connectivity index (χ2n) is 4.28. The fraction of sp³-hybridized carbons (Fsp3) is 0. The first-order chi connectivity index (χ1) is 9.56. The van der Waals surface area contributed by atoms with Crippen molar-refractivity contribution in [1.29, 1.82) is 0 Å². The first kappa shape index (κ1) is 13.3. The molecule has 3 aromatic rings. The van der Waals surface area contributed by atoms with E-state index in [0.717, 1.165) is 31.4 Å². The Morgan fingerprint density at radius 1 is 1.15 bits per heavy atom. The van der Waals surface area contributed by atoms with Crippen LogP contribution in [0.1, 0.15) is 10.4 Å². The molecule has 1 amide bonds. The number of nitrogens with two attached hydrogens (primary N) is 1. The van der Waals surface area contributed by atoms with Gasteiger partial charge in [-0.1, -0.05) is 34.1 Å². The molecule has 2 aromatic carbocycles. The number of primary amides is 1. The van der Waals surface area contributed by atoms with Crippen LogP contribution in [0.2, 0.25) is 0 Å². The van der Waals surface area contributed by atoms with Gasteiger partial charge < -0.3 is 10.7 Å². The number of rotatable bonds is 2. The maximum absolute atomic E-state index is 11.3. The van der Waals surface area contributed by atoms with Crippen LogP contribution in [-0.4, -0.2) is 15.9 Å². The Labute approximate surface area is 131 Å². The third kappa shape index (κ3) is 2.25. The van der Waals surface area contributed by atoms with Gasteiger partial charge in [0, 0.05) is 20.1 Å². The highest BCUT2D eigenvalue weighted by atomic mass is 79.9. The van der Waals surface area contributed by atoms with Gasteiger partial charge in [-0.15, -0.1) is 0 Å². The summed E-state index contributed by atoms with van der Waals surface area (Å²) in [6, 6.07) is 11.2. The Morgan fingerprint density at radius 2 is 1.90 bits per heavy atom. The molecule has 3 rings (SSSR count). The fourth-order valence-corrected chi connectivity index (χ4v) is 3.02. The standard InChI is InChI=1S/C14H9Br2N3O/c15-9-4-2-1-3-8(9)14-18-11-6-7(13(17)20)5-10(16)12(11)19-14/h1-6H,(H2,17,20)(H,18,19). The molecule has 0 spiro atoms. The number of aromatic amines is 1. The van der Waals surface area contributed by atoms with Crippen LogP contribution in [0.4, 0.5) is 0 Å². The number of nitrogens with one attached hydrogen (secondary N) is 1. The van der Waals surface area contributed by atoms with Crippen LogP contribution in [0.15, 0.2) is 45.3 Å². The van der Waals surface area contributed by atoms with E-state index in [4.69, 9.17) is 5.73 Å². The Hall–Kier alpha value is -1.66. The van der Waals surface area contributed by atoms with Crippen molar-refractivity contribution < 1.29 is 4.79 Å². The van der Waals surface area contributed by atoms with Gasteiger partial charge in [0.2, 0.25) is 5.91 Å². The molecule has 0 radical (unpaired) electrons. The van der Waals surface area contributed by atoms with Crippen molar-refractivity contribution in [1.82, 2.24) is 9.97 Å². The molecule has 20 heavy (non-hydrogen) atoms. The highest BCUT2D eigenvalue weighted by Crippen LogP contribution is 2.30. The van der Waals surface area contributed by atoms with Crippen molar-refractivity contribution in [2.75, 3.05) is 0 Å². The molecule has 0 aliphatic heterocycles. The molecule has 3 N–H and O–H groups in total. The molecule has 4 nitrogen and oxygen atoms in total. The molecular formula is C14H9Br2N3O. The maximum Gasteiger partial charge on any atom is 0.248 e. The summed E-state index contributed by atoms with van der Waals surface area (Å²) >= 11 is 6.92. The van der Waals surface area contributed by atoms with Gasteiger partial charge in [0.05, 0.1) is 5.52 Å². The Kier molecular flexibility index (Phi) is 3.35. The number of aromatic nitrogens is 2. The summed E-state index contributed by atoms with van der Waals surface area (Å²) in [5.41, 5.74) is 8.23. The predicted octanol–water partition coefficient (Wildman–Crippen LogP) is 3.85. The quantitative estimate of drug-likeness (QED) is 0.692. The minimum atomic E-state index is -0.468. The topological polar surface area (TPSA) is 71.8 Å². The van der Waals surface area contributed by atoms with Gasteiger partial charge in [0.15, 0.2) is 0 Å². The summed E-state index contributed by atoms with van der Waals surface area (Å²) in [6.45, 7) is 0. The van der Waals surface area contributed by atoms with E-state index >= 15 is 0 Å². The van der Waals surface area contributed by atoms with Crippen LogP contribution in [-0.2, 0) is 0 Å². The summed E-state index contributed by atoms with van der Waals surface area (Å²) in [6.07, 6.45) is 0. The van der Waals surface area contributed by atoms with Crippen molar-refractivity contribution >= 4 is 48.8 Å². The van der Waals surface area contributed by atoms with Crippen molar-refractivity contribution in [3.8, 4) is 11.4 Å². The average Bonchev–Trinajstić information content (AvgIpc) is 2.83. The van der Waals surface area contributed by atoms with E-state index < -0.39 is 5.91 Å². The lowest BCUT2D eigenvalue weighted by atomic mass is 10.2. The summed E-state index contributed by atoms with van der Waals surface area (Å²) in [7, 11) is 0. The summed E-state index contributed by atoms with van der Waals surface area (Å²) in [5, 5.41) is 0. The summed E-state index contributed by atoms with van der Waals surface area (Å²) < 4.78 is 1.68. The van der Waals surface area contributed by atoms with E-state index in [0.29, 0.717) is 5.56 Å². The van der Waals surface area contributed by atoms with Crippen LogP contribution in [0.5, 0.6) is 0 Å². The monoisotopic (exact) mass is 393 g/mol. The van der Waals surface area contributed by atoms with Crippen molar-refractivity contribution in [3.05, 3.63) is 50.9 Å². The fourth-order valence-electron chi connectivity index (χ4n) is 2.00. The molecule has 0 fully saturated rings. The van der Waals surface area contributed by atoms with E-state index in [1.807, 2.05) is 24.3 Å². The van der Waals surface area contributed by atoms with Crippen LogP contribution >= 0.6 is 31.9 Å². The Morgan fingerprint density at radius 3 is 2.60 bits per heavy atom. The van der Waals surface area contributed by atoms with Crippen molar-refractivity contribution in [2.45, 2.75) is 0 Å². The van der Waals surface area contributed by atoms with Gasteiger partial charge >= 0.3 is 0 Å². The molecule has 6 heteroatoms. The molecule has 0 unspecified atom stereocenters. The van der Waals surface area contributed by atoms with E-state index in [-0.39, 0.29) is 0 Å². The van der Waals surface area contributed by atoms with Gasteiger partial charge in [-0.2, -0.15) is 0 Å². The number of hydrogen-bond acceptors (Lipinski definition) is 2. The van der Waals surface area contributed by atoms with Crippen LogP contribution in [0.3, 0.4) is 0 Å². The zero-order valence-electron chi connectivity index (χ0n) is 10.2. The molecule has 0 atom stereocenters. The first-order valence-corrected chi connectivity index (χ1v) is 7.39. The molecule has 0 aliphatic rings. The van der Waals surface area contributed by atoms with E-state index in [1.54, 1.807) is 12.1 Å². The normalized spacial score (nSPS) is 10.9. The lowest BCUT2D eigenvalue weighted by Crippen LogP contribution is -2.10. The molecule has 1 aromatic heterocycles. The predicted molar refractivity (Wildman–Crippen MR) is 85.4 cm³/mol. The maximum atomic E-state index is 11.3. The second-order valence-corrected chi connectivity index (χ2v) is 5.99. The third-order valence-electron chi connectivity index (χ3n) is 2.95. The molecule has 0 saturated heterocycles. The molecule has 0 aliphatic carbocycles. The lowest BCUT2D eigenvalue weighted by molar-refractivity contribution is 0.100. The minimum absolute atomic E-state index is 0.437. The molecule has 100 valence electrons. The zero-order valence-corrected chi connectivity index (χ0v) is 13.3. The summed E-state index contributed by atoms with van der Waals surface area (Å²) in [4.78, 5) is 19.1. The number of nitrogens with zero attached hydrogens (tertiary/aromatic N) is 1. The lowest BCUT2D eigenvalue weighted by Gasteiger charge is -1.98. The number of benzene rings is 2. The number of H-pyrrole nitrogens is 1. The van der Waals surface area contributed by atoms with Gasteiger partial charge in [-0.05, 0) is 34.1 Å². The van der Waals surface area contributed by atoms with E-state index in [2.05, 4.69) is 41.8 Å². The van der Waals surface area contributed by atoms with Crippen LogP contribution < -0.4 is 5.73 Å². The average molecular weight is 395 g/mol.